The Morgan fingerprint density at radius 3 is 1.62 bits per heavy atom. The van der Waals surface area contributed by atoms with Crippen LogP contribution in [0.15, 0.2) is 147 Å². The van der Waals surface area contributed by atoms with Gasteiger partial charge in [0.25, 0.3) is 0 Å². The van der Waals surface area contributed by atoms with Gasteiger partial charge in [0.15, 0.2) is 0 Å². The van der Waals surface area contributed by atoms with Crippen molar-refractivity contribution in [1.82, 2.24) is 49.8 Å². The molecule has 0 radical (unpaired) electrons. The highest BCUT2D eigenvalue weighted by molar-refractivity contribution is 5.83. The van der Waals surface area contributed by atoms with Gasteiger partial charge in [-0.05, 0) is 59.1 Å². The quantitative estimate of drug-likeness (QED) is 0.127. The Bertz CT molecular complexity index is 2230. The van der Waals surface area contributed by atoms with Crippen molar-refractivity contribution in [2.75, 3.05) is 52.4 Å². The minimum atomic E-state index is -0.238. The van der Waals surface area contributed by atoms with Crippen LogP contribution >= 0.6 is 0 Å². The summed E-state index contributed by atoms with van der Waals surface area (Å²) in [6.07, 6.45) is 15.1. The normalized spacial score (nSPS) is 17.7. The third-order valence-electron chi connectivity index (χ3n) is 12.4. The Morgan fingerprint density at radius 2 is 1.11 bits per heavy atom. The van der Waals surface area contributed by atoms with E-state index in [4.69, 9.17) is 0 Å². The molecule has 4 heterocycles. The molecule has 1 aliphatic carbocycles. The number of benzene rings is 4. The van der Waals surface area contributed by atoms with Crippen molar-refractivity contribution in [2.45, 2.75) is 70.0 Å². The number of fused-ring (bicyclic) bond motifs is 2. The number of amides is 2. The molecule has 4 aromatic carbocycles. The summed E-state index contributed by atoms with van der Waals surface area (Å²) in [7, 11) is 0. The summed E-state index contributed by atoms with van der Waals surface area (Å²) in [5.74, 6) is 0.362. The van der Waals surface area contributed by atoms with E-state index in [9.17, 15) is 9.59 Å². The summed E-state index contributed by atoms with van der Waals surface area (Å²) in [4.78, 5) is 41.8. The van der Waals surface area contributed by atoms with E-state index in [-0.39, 0.29) is 29.9 Å². The lowest BCUT2D eigenvalue weighted by Gasteiger charge is -2.40. The fourth-order valence-corrected chi connectivity index (χ4v) is 9.20. The fraction of sp³-hybridized carbons (Fsp3) is 0.373. The Morgan fingerprint density at radius 1 is 0.603 bits per heavy atom. The predicted octanol–water partition coefficient (Wildman–Crippen LogP) is 5.33. The van der Waals surface area contributed by atoms with Gasteiger partial charge in [0.2, 0.25) is 11.8 Å². The van der Waals surface area contributed by atoms with E-state index in [0.717, 1.165) is 82.6 Å². The topological polar surface area (TPSA) is 116 Å². The summed E-state index contributed by atoms with van der Waals surface area (Å²) < 4.78 is 4.12. The number of piperazine rings is 2. The number of nitrogens with zero attached hydrogens (tertiary/aromatic N) is 7. The molecule has 63 heavy (non-hydrogen) atoms. The Balaban J connectivity index is 0.000000194. The molecule has 3 aliphatic rings. The molecule has 2 aromatic heterocycles. The van der Waals surface area contributed by atoms with Gasteiger partial charge in [-0.3, -0.25) is 14.5 Å². The molecule has 0 unspecified atom stereocenters. The molecular formula is C51H62N10O2. The monoisotopic (exact) mass is 847 g/mol. The lowest BCUT2D eigenvalue weighted by Crippen LogP contribution is -2.58. The van der Waals surface area contributed by atoms with Crippen molar-refractivity contribution in [3.8, 4) is 0 Å². The van der Waals surface area contributed by atoms with Crippen molar-refractivity contribution in [3.63, 3.8) is 0 Å². The molecule has 0 saturated carbocycles. The molecule has 6 aromatic rings. The minimum absolute atomic E-state index is 0.129. The number of hydrogen-bond acceptors (Lipinski definition) is 8. The standard InChI is InChI=1S/C33H37N5O.C18H25N5O/c39-33(38(23-26-9-2-1-3-10-26)20-8-19-36-21-17-34-25-36)31-24-37(22-18-35-31)32-29-13-6-4-11-27(29)15-16-28-12-5-7-14-30(28)32;24-18(17-13-19-7-8-21-17)23(14-16-5-2-1-3-6-16)11-4-10-22-12-9-20-15-22/h1-7,9-14,17,21,25,31-32,35H,8,15-16,18-20,22-24H2;1-3,5-6,9,12,15,17,19,21H,4,7-8,10-11,13-14H2/t31-;17-/m11/s1. The van der Waals surface area contributed by atoms with Gasteiger partial charge in [-0.2, -0.15) is 0 Å². The number of carbonyl (C=O) groups is 2. The second-order valence-electron chi connectivity index (χ2n) is 16.8. The number of rotatable bonds is 15. The average Bonchev–Trinajstić information content (AvgIpc) is 4.04. The summed E-state index contributed by atoms with van der Waals surface area (Å²) in [6, 6.07) is 38.1. The highest BCUT2D eigenvalue weighted by atomic mass is 16.2. The molecule has 0 spiro atoms. The Labute approximate surface area is 372 Å². The smallest absolute Gasteiger partial charge is 0.241 e. The summed E-state index contributed by atoms with van der Waals surface area (Å²) in [5, 5.41) is 10.2. The molecule has 2 aliphatic heterocycles. The molecule has 2 amide bonds. The lowest BCUT2D eigenvalue weighted by molar-refractivity contribution is -0.136. The third kappa shape index (κ3) is 12.0. The van der Waals surface area contributed by atoms with Gasteiger partial charge in [-0.25, -0.2) is 9.97 Å². The van der Waals surface area contributed by atoms with E-state index >= 15 is 0 Å². The van der Waals surface area contributed by atoms with Crippen molar-refractivity contribution in [1.29, 1.82) is 0 Å². The molecule has 0 bridgehead atoms. The zero-order valence-electron chi connectivity index (χ0n) is 36.3. The van der Waals surface area contributed by atoms with Crippen molar-refractivity contribution < 1.29 is 9.59 Å². The van der Waals surface area contributed by atoms with Crippen LogP contribution in [0, 0.1) is 0 Å². The highest BCUT2D eigenvalue weighted by Crippen LogP contribution is 2.37. The summed E-state index contributed by atoms with van der Waals surface area (Å²) in [6.45, 7) is 9.30. The van der Waals surface area contributed by atoms with Gasteiger partial charge in [-0.1, -0.05) is 109 Å². The van der Waals surface area contributed by atoms with Gasteiger partial charge in [0.1, 0.15) is 0 Å². The molecule has 12 heteroatoms. The van der Waals surface area contributed by atoms with Crippen LogP contribution in [0.2, 0.25) is 0 Å². The molecule has 3 N–H and O–H groups in total. The second kappa shape index (κ2) is 22.4. The van der Waals surface area contributed by atoms with E-state index < -0.39 is 0 Å². The largest absolute Gasteiger partial charge is 0.337 e. The molecule has 9 rings (SSSR count). The van der Waals surface area contributed by atoms with Gasteiger partial charge in [0.05, 0.1) is 30.8 Å². The SMILES string of the molecule is O=C([C@H]1CN(C2c3ccccc3CCc3ccccc32)CCN1)N(CCCn1ccnc1)Cc1ccccc1.O=C([C@H]1CNCCN1)N(CCCn1ccnc1)Cc1ccccc1. The average molecular weight is 847 g/mol. The van der Waals surface area contributed by atoms with Gasteiger partial charge < -0.3 is 34.9 Å². The van der Waals surface area contributed by atoms with Gasteiger partial charge >= 0.3 is 0 Å². The Hall–Kier alpha value is -5.92. The van der Waals surface area contributed by atoms with Crippen molar-refractivity contribution >= 4 is 11.8 Å². The maximum absolute atomic E-state index is 14.1. The first-order valence-corrected chi connectivity index (χ1v) is 22.7. The summed E-state index contributed by atoms with van der Waals surface area (Å²) in [5.41, 5.74) is 7.94. The van der Waals surface area contributed by atoms with E-state index in [2.05, 4.69) is 108 Å². The minimum Gasteiger partial charge on any atom is -0.337 e. The first kappa shape index (κ1) is 43.7. The van der Waals surface area contributed by atoms with Crippen LogP contribution in [0.3, 0.4) is 0 Å². The molecule has 2 saturated heterocycles. The number of aryl methyl sites for hydroxylation is 4. The van der Waals surface area contributed by atoms with Crippen LogP contribution in [0.5, 0.6) is 0 Å². The summed E-state index contributed by atoms with van der Waals surface area (Å²) >= 11 is 0. The number of nitrogens with one attached hydrogen (secondary N) is 3. The number of carbonyl (C=O) groups excluding carboxylic acids is 2. The van der Waals surface area contributed by atoms with E-state index in [1.54, 1.807) is 12.4 Å². The van der Waals surface area contributed by atoms with Crippen LogP contribution in [0.4, 0.5) is 0 Å². The first-order valence-electron chi connectivity index (χ1n) is 22.7. The van der Waals surface area contributed by atoms with Crippen LogP contribution in [0.25, 0.3) is 0 Å². The van der Waals surface area contributed by atoms with E-state index in [1.807, 2.05) is 75.8 Å². The molecule has 12 nitrogen and oxygen atoms in total. The molecular weight excluding hydrogens is 785 g/mol. The predicted molar refractivity (Wildman–Crippen MR) is 248 cm³/mol. The van der Waals surface area contributed by atoms with Crippen molar-refractivity contribution in [2.24, 2.45) is 0 Å². The maximum Gasteiger partial charge on any atom is 0.241 e. The lowest BCUT2D eigenvalue weighted by atomic mass is 9.92. The number of aromatic nitrogens is 4. The van der Waals surface area contributed by atoms with E-state index in [1.165, 1.54) is 22.3 Å². The molecule has 2 fully saturated rings. The first-order chi connectivity index (χ1) is 31.1. The Kier molecular flexibility index (Phi) is 15.6. The van der Waals surface area contributed by atoms with Gasteiger partial charge in [0, 0.05) is 103 Å². The van der Waals surface area contributed by atoms with Crippen LogP contribution in [-0.2, 0) is 48.6 Å². The molecule has 2 atom stereocenters. The highest BCUT2D eigenvalue weighted by Gasteiger charge is 2.35. The van der Waals surface area contributed by atoms with Crippen LogP contribution in [-0.4, -0.2) is 110 Å². The van der Waals surface area contributed by atoms with Crippen LogP contribution < -0.4 is 16.0 Å². The fourth-order valence-electron chi connectivity index (χ4n) is 9.20. The maximum atomic E-state index is 14.1. The third-order valence-corrected chi connectivity index (χ3v) is 12.4. The second-order valence-corrected chi connectivity index (χ2v) is 16.8. The van der Waals surface area contributed by atoms with E-state index in [0.29, 0.717) is 32.7 Å². The number of imidazole rings is 2. The van der Waals surface area contributed by atoms with Crippen molar-refractivity contribution in [3.05, 3.63) is 180 Å². The number of hydrogen-bond donors (Lipinski definition) is 3. The van der Waals surface area contributed by atoms with Crippen LogP contribution in [0.1, 0.15) is 52.3 Å². The zero-order chi connectivity index (χ0) is 43.1. The van der Waals surface area contributed by atoms with Gasteiger partial charge in [-0.15, -0.1) is 0 Å². The zero-order valence-corrected chi connectivity index (χ0v) is 36.3. The molecule has 328 valence electrons.